The summed E-state index contributed by atoms with van der Waals surface area (Å²) >= 11 is 0. The van der Waals surface area contributed by atoms with Crippen LogP contribution >= 0.6 is 0 Å². The van der Waals surface area contributed by atoms with E-state index in [2.05, 4.69) is 10.2 Å². The second kappa shape index (κ2) is 3.51. The van der Waals surface area contributed by atoms with E-state index in [4.69, 9.17) is 5.73 Å². The zero-order chi connectivity index (χ0) is 11.8. The molecule has 7 heteroatoms. The van der Waals surface area contributed by atoms with Crippen LogP contribution in [0.5, 0.6) is 0 Å². The zero-order valence-electron chi connectivity index (χ0n) is 7.94. The molecule has 2 rings (SSSR count). The Morgan fingerprint density at radius 1 is 1.19 bits per heavy atom. The molecule has 16 heavy (non-hydrogen) atoms. The Kier molecular flexibility index (Phi) is 2.30. The van der Waals surface area contributed by atoms with Gasteiger partial charge in [-0.15, -0.1) is 10.2 Å². The second-order valence-electron chi connectivity index (χ2n) is 3.07. The normalized spacial score (nSPS) is 11.7. The van der Waals surface area contributed by atoms with E-state index >= 15 is 0 Å². The highest BCUT2D eigenvalue weighted by molar-refractivity contribution is 5.46. The molecule has 1 heterocycles. The van der Waals surface area contributed by atoms with Crippen LogP contribution in [0.4, 0.5) is 19.1 Å². The van der Waals surface area contributed by atoms with E-state index in [-0.39, 0.29) is 11.6 Å². The first kappa shape index (κ1) is 10.5. The van der Waals surface area contributed by atoms with E-state index in [1.807, 2.05) is 0 Å². The Bertz CT molecular complexity index is 503. The lowest BCUT2D eigenvalue weighted by Gasteiger charge is -2.12. The minimum Gasteiger partial charge on any atom is -0.368 e. The predicted molar refractivity (Wildman–Crippen MR) is 50.8 cm³/mol. The van der Waals surface area contributed by atoms with Crippen molar-refractivity contribution < 1.29 is 13.2 Å². The molecule has 4 nitrogen and oxygen atoms in total. The summed E-state index contributed by atoms with van der Waals surface area (Å²) in [7, 11) is 0. The lowest BCUT2D eigenvalue weighted by Crippen LogP contribution is -2.11. The molecular formula is C9H7F3N4. The van der Waals surface area contributed by atoms with Gasteiger partial charge in [0.2, 0.25) is 5.95 Å². The molecular weight excluding hydrogens is 221 g/mol. The fourth-order valence-corrected chi connectivity index (χ4v) is 1.35. The summed E-state index contributed by atoms with van der Waals surface area (Å²) in [6.07, 6.45) is -3.30. The Hall–Kier alpha value is -2.05. The third-order valence-corrected chi connectivity index (χ3v) is 2.04. The van der Waals surface area contributed by atoms with E-state index < -0.39 is 11.7 Å². The van der Waals surface area contributed by atoms with Crippen LogP contribution in [0.2, 0.25) is 0 Å². The lowest BCUT2D eigenvalue weighted by molar-refractivity contribution is -0.137. The number of hydrogen-bond donors (Lipinski definition) is 1. The van der Waals surface area contributed by atoms with Crippen molar-refractivity contribution in [1.82, 2.24) is 14.8 Å². The van der Waals surface area contributed by atoms with Crippen LogP contribution in [0.15, 0.2) is 30.6 Å². The number of alkyl halides is 3. The standard InChI is InChI=1S/C9H7F3N4/c10-9(11,12)6-3-1-2-4-7(6)16-5-14-15-8(16)13/h1-5H,(H2,13,15). The summed E-state index contributed by atoms with van der Waals surface area (Å²) in [5, 5.41) is 6.88. The van der Waals surface area contributed by atoms with E-state index in [1.165, 1.54) is 18.2 Å². The number of hydrogen-bond acceptors (Lipinski definition) is 3. The Morgan fingerprint density at radius 3 is 2.44 bits per heavy atom. The number of aromatic nitrogens is 3. The molecule has 0 amide bonds. The van der Waals surface area contributed by atoms with Gasteiger partial charge in [-0.25, -0.2) is 0 Å². The molecule has 0 unspecified atom stereocenters. The van der Waals surface area contributed by atoms with Gasteiger partial charge >= 0.3 is 6.18 Å². The van der Waals surface area contributed by atoms with Crippen LogP contribution in [-0.4, -0.2) is 14.8 Å². The van der Waals surface area contributed by atoms with Gasteiger partial charge in [0.1, 0.15) is 6.33 Å². The maximum Gasteiger partial charge on any atom is 0.418 e. The number of nitrogens with two attached hydrogens (primary N) is 1. The number of benzene rings is 1. The largest absolute Gasteiger partial charge is 0.418 e. The van der Waals surface area contributed by atoms with E-state index in [0.717, 1.165) is 17.0 Å². The summed E-state index contributed by atoms with van der Waals surface area (Å²) in [5.74, 6) is -0.0864. The number of para-hydroxylation sites is 1. The van der Waals surface area contributed by atoms with Gasteiger partial charge in [0.05, 0.1) is 11.3 Å². The fraction of sp³-hybridized carbons (Fsp3) is 0.111. The van der Waals surface area contributed by atoms with Crippen LogP contribution in [0.1, 0.15) is 5.56 Å². The number of rotatable bonds is 1. The van der Waals surface area contributed by atoms with Crippen molar-refractivity contribution in [2.75, 3.05) is 5.73 Å². The first-order valence-corrected chi connectivity index (χ1v) is 4.32. The molecule has 0 saturated carbocycles. The SMILES string of the molecule is Nc1nncn1-c1ccccc1C(F)(F)F. The third-order valence-electron chi connectivity index (χ3n) is 2.04. The van der Waals surface area contributed by atoms with E-state index in [1.54, 1.807) is 0 Å². The van der Waals surface area contributed by atoms with Gasteiger partial charge in [-0.1, -0.05) is 12.1 Å². The van der Waals surface area contributed by atoms with Crippen LogP contribution < -0.4 is 5.73 Å². The van der Waals surface area contributed by atoms with Gasteiger partial charge in [0.25, 0.3) is 0 Å². The summed E-state index contributed by atoms with van der Waals surface area (Å²) < 4.78 is 39.1. The molecule has 0 radical (unpaired) electrons. The highest BCUT2D eigenvalue weighted by atomic mass is 19.4. The first-order chi connectivity index (χ1) is 7.50. The van der Waals surface area contributed by atoms with Gasteiger partial charge in [-0.2, -0.15) is 13.2 Å². The van der Waals surface area contributed by atoms with Crippen molar-refractivity contribution in [3.05, 3.63) is 36.2 Å². The fourth-order valence-electron chi connectivity index (χ4n) is 1.35. The zero-order valence-corrected chi connectivity index (χ0v) is 7.94. The minimum absolute atomic E-state index is 0.0856. The molecule has 0 bridgehead atoms. The maximum absolute atomic E-state index is 12.7. The van der Waals surface area contributed by atoms with Crippen molar-refractivity contribution in [3.63, 3.8) is 0 Å². The summed E-state index contributed by atoms with van der Waals surface area (Å²) in [6, 6.07) is 5.09. The van der Waals surface area contributed by atoms with Gasteiger partial charge in [-0.3, -0.25) is 4.57 Å². The van der Waals surface area contributed by atoms with Crippen molar-refractivity contribution >= 4 is 5.95 Å². The van der Waals surface area contributed by atoms with Crippen LogP contribution in [0.25, 0.3) is 5.69 Å². The van der Waals surface area contributed by atoms with Gasteiger partial charge in [-0.05, 0) is 12.1 Å². The van der Waals surface area contributed by atoms with Crippen molar-refractivity contribution in [3.8, 4) is 5.69 Å². The Labute approximate surface area is 88.5 Å². The average Bonchev–Trinajstić information content (AvgIpc) is 2.63. The third kappa shape index (κ3) is 1.71. The molecule has 0 fully saturated rings. The molecule has 0 aliphatic carbocycles. The summed E-state index contributed by atoms with van der Waals surface area (Å²) in [5.41, 5.74) is 4.54. The summed E-state index contributed by atoms with van der Waals surface area (Å²) in [4.78, 5) is 0. The number of nitrogens with zero attached hydrogens (tertiary/aromatic N) is 3. The molecule has 1 aromatic heterocycles. The van der Waals surface area contributed by atoms with Gasteiger partial charge in [0, 0.05) is 0 Å². The highest BCUT2D eigenvalue weighted by Crippen LogP contribution is 2.33. The van der Waals surface area contributed by atoms with Crippen LogP contribution in [-0.2, 0) is 6.18 Å². The molecule has 0 aliphatic heterocycles. The second-order valence-corrected chi connectivity index (χ2v) is 3.07. The molecule has 2 N–H and O–H groups in total. The summed E-state index contributed by atoms with van der Waals surface area (Å²) in [6.45, 7) is 0. The monoisotopic (exact) mass is 228 g/mol. The van der Waals surface area contributed by atoms with Crippen molar-refractivity contribution in [2.24, 2.45) is 0 Å². The molecule has 0 aliphatic rings. The van der Waals surface area contributed by atoms with Crippen molar-refractivity contribution in [1.29, 1.82) is 0 Å². The maximum atomic E-state index is 12.7. The predicted octanol–water partition coefficient (Wildman–Crippen LogP) is 1.87. The first-order valence-electron chi connectivity index (χ1n) is 4.32. The average molecular weight is 228 g/mol. The molecule has 84 valence electrons. The molecule has 0 spiro atoms. The highest BCUT2D eigenvalue weighted by Gasteiger charge is 2.33. The number of nitrogen functional groups attached to an aromatic ring is 1. The molecule has 1 aromatic carbocycles. The van der Waals surface area contributed by atoms with Crippen LogP contribution in [0.3, 0.4) is 0 Å². The topological polar surface area (TPSA) is 56.7 Å². The van der Waals surface area contributed by atoms with Crippen LogP contribution in [0, 0.1) is 0 Å². The molecule has 0 atom stereocenters. The van der Waals surface area contributed by atoms with Gasteiger partial charge in [0.15, 0.2) is 0 Å². The number of halogens is 3. The Morgan fingerprint density at radius 2 is 1.88 bits per heavy atom. The molecule has 2 aromatic rings. The van der Waals surface area contributed by atoms with Gasteiger partial charge < -0.3 is 5.73 Å². The van der Waals surface area contributed by atoms with Crippen molar-refractivity contribution in [2.45, 2.75) is 6.18 Å². The smallest absolute Gasteiger partial charge is 0.368 e. The minimum atomic E-state index is -4.44. The Balaban J connectivity index is 2.62. The van der Waals surface area contributed by atoms with E-state index in [9.17, 15) is 13.2 Å². The molecule has 0 saturated heterocycles. The van der Waals surface area contributed by atoms with E-state index in [0.29, 0.717) is 0 Å². The quantitative estimate of drug-likeness (QED) is 0.810. The number of anilines is 1. The lowest BCUT2D eigenvalue weighted by atomic mass is 10.1.